The molecule has 0 spiro atoms. The van der Waals surface area contributed by atoms with Gasteiger partial charge in [0.2, 0.25) is 5.91 Å². The summed E-state index contributed by atoms with van der Waals surface area (Å²) in [7, 11) is 1.63. The van der Waals surface area contributed by atoms with E-state index in [0.717, 1.165) is 6.54 Å². The van der Waals surface area contributed by atoms with Gasteiger partial charge in [-0.1, -0.05) is 0 Å². The lowest BCUT2D eigenvalue weighted by atomic mass is 10.3. The zero-order valence-electron chi connectivity index (χ0n) is 12.7. The Morgan fingerprint density at radius 3 is 2.48 bits per heavy atom. The van der Waals surface area contributed by atoms with Crippen molar-refractivity contribution in [3.05, 3.63) is 0 Å². The Kier molecular flexibility index (Phi) is 7.70. The van der Waals surface area contributed by atoms with Crippen LogP contribution in [0.1, 0.15) is 6.92 Å². The molecule has 1 aliphatic rings. The van der Waals surface area contributed by atoms with Gasteiger partial charge in [-0.2, -0.15) is 0 Å². The van der Waals surface area contributed by atoms with Gasteiger partial charge in [-0.15, -0.1) is 0 Å². The third-order valence-corrected chi connectivity index (χ3v) is 3.22. The number of hydrogen-bond donors (Lipinski definition) is 2. The maximum absolute atomic E-state index is 11.8. The van der Waals surface area contributed by atoms with Crippen molar-refractivity contribution in [2.24, 2.45) is 0 Å². The van der Waals surface area contributed by atoms with Crippen LogP contribution in [-0.4, -0.2) is 87.1 Å². The number of hydrogen-bond acceptors (Lipinski definition) is 5. The molecule has 0 aromatic heterocycles. The van der Waals surface area contributed by atoms with Crippen LogP contribution >= 0.6 is 0 Å². The van der Waals surface area contributed by atoms with Crippen molar-refractivity contribution in [2.45, 2.75) is 6.92 Å². The monoisotopic (exact) mass is 300 g/mol. The molecule has 1 aliphatic heterocycles. The second kappa shape index (κ2) is 9.30. The van der Waals surface area contributed by atoms with E-state index in [-0.39, 0.29) is 12.5 Å². The predicted molar refractivity (Wildman–Crippen MR) is 76.6 cm³/mol. The van der Waals surface area contributed by atoms with Gasteiger partial charge in [0.05, 0.1) is 6.61 Å². The summed E-state index contributed by atoms with van der Waals surface area (Å²) in [6.45, 7) is 5.59. The van der Waals surface area contributed by atoms with Gasteiger partial charge in [-0.25, -0.2) is 0 Å². The lowest BCUT2D eigenvalue weighted by Gasteiger charge is -2.32. The second-order valence-corrected chi connectivity index (χ2v) is 4.70. The van der Waals surface area contributed by atoms with E-state index in [1.54, 1.807) is 7.11 Å². The second-order valence-electron chi connectivity index (χ2n) is 4.70. The molecule has 0 atom stereocenters. The number of rotatable bonds is 9. The molecule has 1 fully saturated rings. The Hall–Kier alpha value is -1.67. The first kappa shape index (κ1) is 17.4. The molecule has 0 aliphatic carbocycles. The van der Waals surface area contributed by atoms with Gasteiger partial charge in [0.25, 0.3) is 0 Å². The van der Waals surface area contributed by atoms with Crippen LogP contribution in [0.5, 0.6) is 0 Å². The molecule has 0 aromatic carbocycles. The molecule has 1 rings (SSSR count). The third-order valence-electron chi connectivity index (χ3n) is 3.22. The van der Waals surface area contributed by atoms with Gasteiger partial charge < -0.3 is 25.2 Å². The Bertz CT molecular complexity index is 375. The van der Waals surface area contributed by atoms with Crippen LogP contribution in [-0.2, 0) is 19.1 Å². The maximum Gasteiger partial charge on any atom is 0.312 e. The number of carbonyl (C=O) groups is 3. The van der Waals surface area contributed by atoms with Gasteiger partial charge in [-0.3, -0.25) is 14.4 Å². The highest BCUT2D eigenvalue weighted by molar-refractivity contribution is 6.35. The normalized spacial score (nSPS) is 15.5. The summed E-state index contributed by atoms with van der Waals surface area (Å²) in [5.41, 5.74) is 0. The lowest BCUT2D eigenvalue weighted by Crippen LogP contribution is -2.56. The summed E-state index contributed by atoms with van der Waals surface area (Å²) in [6, 6.07) is 0. The summed E-state index contributed by atoms with van der Waals surface area (Å²) < 4.78 is 4.88. The van der Waals surface area contributed by atoms with E-state index in [1.807, 2.05) is 6.92 Å². The molecule has 8 heteroatoms. The highest BCUT2D eigenvalue weighted by Gasteiger charge is 2.32. The molecule has 8 nitrogen and oxygen atoms in total. The molecular weight excluding hydrogens is 276 g/mol. The Balaban J connectivity index is 2.22. The van der Waals surface area contributed by atoms with Crippen molar-refractivity contribution < 1.29 is 19.1 Å². The summed E-state index contributed by atoms with van der Waals surface area (Å²) >= 11 is 0. The largest absolute Gasteiger partial charge is 0.383 e. The van der Waals surface area contributed by atoms with Crippen molar-refractivity contribution in [1.82, 2.24) is 20.4 Å². The molecule has 3 amide bonds. The quantitative estimate of drug-likeness (QED) is 0.381. The first-order valence-electron chi connectivity index (χ1n) is 7.14. The fourth-order valence-corrected chi connectivity index (χ4v) is 1.99. The first-order valence-corrected chi connectivity index (χ1v) is 7.14. The predicted octanol–water partition coefficient (Wildman–Crippen LogP) is -1.97. The van der Waals surface area contributed by atoms with E-state index in [2.05, 4.69) is 10.6 Å². The average molecular weight is 300 g/mol. The van der Waals surface area contributed by atoms with E-state index in [4.69, 9.17) is 4.74 Å². The standard InChI is InChI=1S/C13H24N4O4/c1-3-16-7-8-17(13(20)12(16)19)10-11(18)15-5-4-14-6-9-21-2/h14H,3-10H2,1-2H3,(H,15,18). The fourth-order valence-electron chi connectivity index (χ4n) is 1.99. The first-order chi connectivity index (χ1) is 10.1. The minimum atomic E-state index is -0.600. The molecular formula is C13H24N4O4. The van der Waals surface area contributed by atoms with Gasteiger partial charge in [0.1, 0.15) is 6.54 Å². The maximum atomic E-state index is 11.8. The van der Waals surface area contributed by atoms with Crippen LogP contribution in [0.3, 0.4) is 0 Å². The number of piperazine rings is 1. The van der Waals surface area contributed by atoms with E-state index >= 15 is 0 Å². The molecule has 1 heterocycles. The molecule has 0 aromatic rings. The Morgan fingerprint density at radius 1 is 1.14 bits per heavy atom. The van der Waals surface area contributed by atoms with Crippen molar-refractivity contribution in [3.63, 3.8) is 0 Å². The van der Waals surface area contributed by atoms with Crippen molar-refractivity contribution in [2.75, 3.05) is 59.5 Å². The SMILES string of the molecule is CCN1CCN(CC(=O)NCCNCCOC)C(=O)C1=O. The number of nitrogens with one attached hydrogen (secondary N) is 2. The summed E-state index contributed by atoms with van der Waals surface area (Å²) in [5.74, 6) is -1.39. The molecule has 0 bridgehead atoms. The van der Waals surface area contributed by atoms with Crippen LogP contribution in [0.25, 0.3) is 0 Å². The zero-order chi connectivity index (χ0) is 15.7. The van der Waals surface area contributed by atoms with Gasteiger partial charge in [-0.05, 0) is 6.92 Å². The topological polar surface area (TPSA) is 91.0 Å². The minimum absolute atomic E-state index is 0.0692. The third kappa shape index (κ3) is 5.68. The highest BCUT2D eigenvalue weighted by Crippen LogP contribution is 2.04. The van der Waals surface area contributed by atoms with E-state index in [1.165, 1.54) is 9.80 Å². The Morgan fingerprint density at radius 2 is 1.81 bits per heavy atom. The molecule has 1 saturated heterocycles. The van der Waals surface area contributed by atoms with Gasteiger partial charge in [0, 0.05) is 46.4 Å². The molecule has 0 radical (unpaired) electrons. The van der Waals surface area contributed by atoms with Gasteiger partial charge in [0.15, 0.2) is 0 Å². The molecule has 2 N–H and O–H groups in total. The van der Waals surface area contributed by atoms with Crippen molar-refractivity contribution >= 4 is 17.7 Å². The average Bonchev–Trinajstić information content (AvgIpc) is 2.48. The number of likely N-dealkylation sites (N-methyl/N-ethyl adjacent to an activating group) is 1. The molecule has 0 saturated carbocycles. The van der Waals surface area contributed by atoms with Crippen LogP contribution in [0, 0.1) is 0 Å². The number of methoxy groups -OCH3 is 1. The van der Waals surface area contributed by atoms with Crippen LogP contribution in [0.4, 0.5) is 0 Å². The lowest BCUT2D eigenvalue weighted by molar-refractivity contribution is -0.156. The Labute approximate surface area is 124 Å². The number of amides is 3. The van der Waals surface area contributed by atoms with Crippen molar-refractivity contribution in [3.8, 4) is 0 Å². The smallest absolute Gasteiger partial charge is 0.312 e. The van der Waals surface area contributed by atoms with Crippen LogP contribution in [0.2, 0.25) is 0 Å². The van der Waals surface area contributed by atoms with Crippen LogP contribution < -0.4 is 10.6 Å². The molecule has 0 unspecified atom stereocenters. The fraction of sp³-hybridized carbons (Fsp3) is 0.769. The zero-order valence-corrected chi connectivity index (χ0v) is 12.7. The van der Waals surface area contributed by atoms with E-state index in [0.29, 0.717) is 39.3 Å². The van der Waals surface area contributed by atoms with Crippen molar-refractivity contribution in [1.29, 1.82) is 0 Å². The van der Waals surface area contributed by atoms with E-state index in [9.17, 15) is 14.4 Å². The minimum Gasteiger partial charge on any atom is -0.383 e. The number of nitrogens with zero attached hydrogens (tertiary/aromatic N) is 2. The highest BCUT2D eigenvalue weighted by atomic mass is 16.5. The molecule has 21 heavy (non-hydrogen) atoms. The summed E-state index contributed by atoms with van der Waals surface area (Å²) in [4.78, 5) is 38.0. The van der Waals surface area contributed by atoms with E-state index < -0.39 is 11.8 Å². The molecule has 120 valence electrons. The number of ether oxygens (including phenoxy) is 1. The van der Waals surface area contributed by atoms with Gasteiger partial charge >= 0.3 is 11.8 Å². The summed E-state index contributed by atoms with van der Waals surface area (Å²) in [5, 5.41) is 5.80. The number of carbonyl (C=O) groups excluding carboxylic acids is 3. The summed E-state index contributed by atoms with van der Waals surface area (Å²) in [6.07, 6.45) is 0. The van der Waals surface area contributed by atoms with Crippen LogP contribution in [0.15, 0.2) is 0 Å².